The molecule has 19 heavy (non-hydrogen) atoms. The van der Waals surface area contributed by atoms with Crippen LogP contribution < -0.4 is 11.1 Å². The Labute approximate surface area is 114 Å². The molecule has 104 valence electrons. The van der Waals surface area contributed by atoms with E-state index >= 15 is 0 Å². The van der Waals surface area contributed by atoms with Gasteiger partial charge in [0.05, 0.1) is 6.61 Å². The first-order valence-electron chi connectivity index (χ1n) is 6.94. The molecule has 0 unspecified atom stereocenters. The van der Waals surface area contributed by atoms with Crippen molar-refractivity contribution in [3.63, 3.8) is 0 Å². The minimum atomic E-state index is -0.0469. The molecular formula is C15H22N2O2. The lowest BCUT2D eigenvalue weighted by atomic mass is 10.1. The third kappa shape index (κ3) is 5.01. The van der Waals surface area contributed by atoms with Gasteiger partial charge in [0, 0.05) is 18.7 Å². The van der Waals surface area contributed by atoms with Gasteiger partial charge in [-0.25, -0.2) is 0 Å². The highest BCUT2D eigenvalue weighted by molar-refractivity contribution is 5.94. The second-order valence-electron chi connectivity index (χ2n) is 5.01. The van der Waals surface area contributed by atoms with Crippen molar-refractivity contribution in [2.45, 2.75) is 19.3 Å². The van der Waals surface area contributed by atoms with E-state index in [1.54, 1.807) is 0 Å². The van der Waals surface area contributed by atoms with Gasteiger partial charge < -0.3 is 15.8 Å². The van der Waals surface area contributed by atoms with Crippen LogP contribution >= 0.6 is 0 Å². The molecule has 0 radical (unpaired) electrons. The lowest BCUT2D eigenvalue weighted by Gasteiger charge is -2.06. The van der Waals surface area contributed by atoms with Gasteiger partial charge in [-0.15, -0.1) is 0 Å². The summed E-state index contributed by atoms with van der Waals surface area (Å²) >= 11 is 0. The molecule has 1 fully saturated rings. The van der Waals surface area contributed by atoms with Gasteiger partial charge in [-0.2, -0.15) is 0 Å². The Hall–Kier alpha value is -1.39. The Morgan fingerprint density at radius 3 is 2.68 bits per heavy atom. The van der Waals surface area contributed by atoms with Crippen LogP contribution in [0.15, 0.2) is 24.3 Å². The van der Waals surface area contributed by atoms with Crippen molar-refractivity contribution in [3.05, 3.63) is 35.4 Å². The highest BCUT2D eigenvalue weighted by Crippen LogP contribution is 2.28. The van der Waals surface area contributed by atoms with Gasteiger partial charge in [0.1, 0.15) is 0 Å². The molecule has 1 aromatic carbocycles. The third-order valence-electron chi connectivity index (χ3n) is 3.23. The molecule has 2 rings (SSSR count). The standard InChI is InChI=1S/C15H22N2O2/c16-8-7-12-3-5-14(6-4-12)15(18)17-9-10-19-11-13-1-2-13/h3-6,13H,1-2,7-11,16H2,(H,17,18). The largest absolute Gasteiger partial charge is 0.379 e. The van der Waals surface area contributed by atoms with Crippen molar-refractivity contribution in [1.82, 2.24) is 5.32 Å². The summed E-state index contributed by atoms with van der Waals surface area (Å²) in [5, 5.41) is 2.86. The summed E-state index contributed by atoms with van der Waals surface area (Å²) in [6.45, 7) is 2.62. The van der Waals surface area contributed by atoms with Crippen LogP contribution in [0.4, 0.5) is 0 Å². The van der Waals surface area contributed by atoms with Crippen LogP contribution in [0.1, 0.15) is 28.8 Å². The van der Waals surface area contributed by atoms with E-state index in [0.29, 0.717) is 25.3 Å². The maximum Gasteiger partial charge on any atom is 0.251 e. The van der Waals surface area contributed by atoms with Crippen LogP contribution in [0.5, 0.6) is 0 Å². The maximum absolute atomic E-state index is 11.8. The molecule has 0 heterocycles. The summed E-state index contributed by atoms with van der Waals surface area (Å²) in [5.74, 6) is 0.722. The SMILES string of the molecule is NCCc1ccc(C(=O)NCCOCC2CC2)cc1. The number of hydrogen-bond donors (Lipinski definition) is 2. The fraction of sp³-hybridized carbons (Fsp3) is 0.533. The van der Waals surface area contributed by atoms with Crippen molar-refractivity contribution in [3.8, 4) is 0 Å². The van der Waals surface area contributed by atoms with Crippen molar-refractivity contribution in [2.75, 3.05) is 26.3 Å². The summed E-state index contributed by atoms with van der Waals surface area (Å²) < 4.78 is 5.47. The first-order valence-corrected chi connectivity index (χ1v) is 6.94. The van der Waals surface area contributed by atoms with Crippen LogP contribution in [-0.4, -0.2) is 32.2 Å². The van der Waals surface area contributed by atoms with Crippen LogP contribution in [0.25, 0.3) is 0 Å². The summed E-state index contributed by atoms with van der Waals surface area (Å²) in [6, 6.07) is 7.58. The van der Waals surface area contributed by atoms with Gasteiger partial charge in [0.25, 0.3) is 5.91 Å². The zero-order chi connectivity index (χ0) is 13.5. The zero-order valence-electron chi connectivity index (χ0n) is 11.2. The summed E-state index contributed by atoms with van der Waals surface area (Å²) in [5.41, 5.74) is 7.33. The molecule has 4 heteroatoms. The molecule has 1 amide bonds. The summed E-state index contributed by atoms with van der Waals surface area (Å²) in [4.78, 5) is 11.8. The number of nitrogens with two attached hydrogens (primary N) is 1. The number of benzene rings is 1. The van der Waals surface area contributed by atoms with Gasteiger partial charge in [0.15, 0.2) is 0 Å². The Balaban J connectivity index is 1.66. The molecule has 0 atom stereocenters. The topological polar surface area (TPSA) is 64.4 Å². The highest BCUT2D eigenvalue weighted by atomic mass is 16.5. The predicted octanol–water partition coefficient (Wildman–Crippen LogP) is 1.34. The lowest BCUT2D eigenvalue weighted by Crippen LogP contribution is -2.27. The lowest BCUT2D eigenvalue weighted by molar-refractivity contribution is 0.0906. The van der Waals surface area contributed by atoms with Crippen LogP contribution in [0.3, 0.4) is 0 Å². The molecule has 0 aliphatic heterocycles. The number of carbonyl (C=O) groups is 1. The maximum atomic E-state index is 11.8. The molecular weight excluding hydrogens is 240 g/mol. The highest BCUT2D eigenvalue weighted by Gasteiger charge is 2.20. The van der Waals surface area contributed by atoms with E-state index in [1.165, 1.54) is 12.8 Å². The minimum absolute atomic E-state index is 0.0469. The first-order chi connectivity index (χ1) is 9.29. The Bertz CT molecular complexity index is 399. The number of nitrogens with one attached hydrogen (secondary N) is 1. The molecule has 1 aliphatic rings. The summed E-state index contributed by atoms with van der Waals surface area (Å²) in [7, 11) is 0. The van der Waals surface area contributed by atoms with Crippen LogP contribution in [0, 0.1) is 5.92 Å². The smallest absolute Gasteiger partial charge is 0.251 e. The fourth-order valence-electron chi connectivity index (χ4n) is 1.86. The first kappa shape index (κ1) is 14.0. The van der Waals surface area contributed by atoms with E-state index < -0.39 is 0 Å². The predicted molar refractivity (Wildman–Crippen MR) is 75.1 cm³/mol. The van der Waals surface area contributed by atoms with Gasteiger partial charge >= 0.3 is 0 Å². The second kappa shape index (κ2) is 7.26. The molecule has 0 bridgehead atoms. The number of amides is 1. The molecule has 1 aliphatic carbocycles. The van der Waals surface area contributed by atoms with Crippen LogP contribution in [0.2, 0.25) is 0 Å². The van der Waals surface area contributed by atoms with E-state index in [9.17, 15) is 4.79 Å². The quantitative estimate of drug-likeness (QED) is 0.695. The Morgan fingerprint density at radius 2 is 2.05 bits per heavy atom. The molecule has 3 N–H and O–H groups in total. The van der Waals surface area contributed by atoms with Crippen molar-refractivity contribution < 1.29 is 9.53 Å². The average Bonchev–Trinajstić information content (AvgIpc) is 3.23. The van der Waals surface area contributed by atoms with Crippen molar-refractivity contribution >= 4 is 5.91 Å². The third-order valence-corrected chi connectivity index (χ3v) is 3.23. The van der Waals surface area contributed by atoms with Gasteiger partial charge in [-0.1, -0.05) is 12.1 Å². The molecule has 0 saturated heterocycles. The van der Waals surface area contributed by atoms with E-state index in [-0.39, 0.29) is 5.91 Å². The number of hydrogen-bond acceptors (Lipinski definition) is 3. The second-order valence-corrected chi connectivity index (χ2v) is 5.01. The minimum Gasteiger partial charge on any atom is -0.379 e. The monoisotopic (exact) mass is 262 g/mol. The normalized spacial score (nSPS) is 14.4. The van der Waals surface area contributed by atoms with Gasteiger partial charge in [-0.05, 0) is 49.4 Å². The van der Waals surface area contributed by atoms with Gasteiger partial charge in [-0.3, -0.25) is 4.79 Å². The Kier molecular flexibility index (Phi) is 5.36. The molecule has 1 saturated carbocycles. The molecule has 0 spiro atoms. The fourth-order valence-corrected chi connectivity index (χ4v) is 1.86. The van der Waals surface area contributed by atoms with Crippen molar-refractivity contribution in [1.29, 1.82) is 0 Å². The molecule has 1 aromatic rings. The van der Waals surface area contributed by atoms with E-state index in [2.05, 4.69) is 5.32 Å². The summed E-state index contributed by atoms with van der Waals surface area (Å²) in [6.07, 6.45) is 3.43. The van der Waals surface area contributed by atoms with Gasteiger partial charge in [0.2, 0.25) is 0 Å². The van der Waals surface area contributed by atoms with E-state index in [1.807, 2.05) is 24.3 Å². The van der Waals surface area contributed by atoms with Crippen LogP contribution in [-0.2, 0) is 11.2 Å². The van der Waals surface area contributed by atoms with E-state index in [0.717, 1.165) is 24.5 Å². The number of carbonyl (C=O) groups excluding carboxylic acids is 1. The molecule has 4 nitrogen and oxygen atoms in total. The average molecular weight is 262 g/mol. The zero-order valence-corrected chi connectivity index (χ0v) is 11.2. The van der Waals surface area contributed by atoms with E-state index in [4.69, 9.17) is 10.5 Å². The Morgan fingerprint density at radius 1 is 1.32 bits per heavy atom. The number of ether oxygens (including phenoxy) is 1. The van der Waals surface area contributed by atoms with Crippen molar-refractivity contribution in [2.24, 2.45) is 11.7 Å². The number of rotatable bonds is 8. The molecule has 0 aromatic heterocycles.